The molecule has 0 aliphatic carbocycles. The van der Waals surface area contributed by atoms with Crippen molar-refractivity contribution in [1.29, 1.82) is 0 Å². The first-order valence-corrected chi connectivity index (χ1v) is 14.5. The first kappa shape index (κ1) is 27.2. The van der Waals surface area contributed by atoms with Gasteiger partial charge in [-0.05, 0) is 37.1 Å². The van der Waals surface area contributed by atoms with Gasteiger partial charge < -0.3 is 14.2 Å². The number of thiazole rings is 1. The predicted octanol–water partition coefficient (Wildman–Crippen LogP) is 4.28. The summed E-state index contributed by atoms with van der Waals surface area (Å²) in [5.41, 5.74) is 1.88. The molecule has 2 aliphatic heterocycles. The molecule has 0 atom stereocenters. The van der Waals surface area contributed by atoms with Crippen molar-refractivity contribution in [2.45, 2.75) is 24.2 Å². The van der Waals surface area contributed by atoms with Crippen LogP contribution >= 0.6 is 11.3 Å². The van der Waals surface area contributed by atoms with E-state index >= 15 is 0 Å². The van der Waals surface area contributed by atoms with Crippen molar-refractivity contribution in [3.05, 3.63) is 59.5 Å². The van der Waals surface area contributed by atoms with E-state index in [1.807, 2.05) is 5.38 Å². The van der Waals surface area contributed by atoms with Crippen LogP contribution in [0.4, 0.5) is 5.13 Å². The van der Waals surface area contributed by atoms with E-state index < -0.39 is 10.0 Å². The van der Waals surface area contributed by atoms with Gasteiger partial charge in [0.15, 0.2) is 5.13 Å². The smallest absolute Gasteiger partial charge is 0.261 e. The maximum atomic E-state index is 12.8. The van der Waals surface area contributed by atoms with Gasteiger partial charge in [0.25, 0.3) is 5.91 Å². The third-order valence-corrected chi connectivity index (χ3v) is 8.59. The molecule has 3 heterocycles. The number of benzene rings is 2. The fourth-order valence-corrected chi connectivity index (χ4v) is 6.18. The number of hydrogen-bond donors (Lipinski definition) is 1. The Morgan fingerprint density at radius 3 is 2.24 bits per heavy atom. The van der Waals surface area contributed by atoms with E-state index in [2.05, 4.69) is 10.3 Å². The molecule has 0 radical (unpaired) electrons. The Morgan fingerprint density at radius 2 is 1.62 bits per heavy atom. The minimum Gasteiger partial charge on any atom is -0.496 e. The lowest BCUT2D eigenvalue weighted by Crippen LogP contribution is -2.35. The van der Waals surface area contributed by atoms with Crippen molar-refractivity contribution in [3.63, 3.8) is 0 Å². The highest BCUT2D eigenvalue weighted by Gasteiger charge is 2.25. The number of hydrogen-bond acceptors (Lipinski definition) is 8. The highest BCUT2D eigenvalue weighted by Crippen LogP contribution is 2.28. The average molecular weight is 546 g/mol. The van der Waals surface area contributed by atoms with Crippen molar-refractivity contribution in [2.24, 2.45) is 0 Å². The molecule has 0 saturated carbocycles. The van der Waals surface area contributed by atoms with Crippen molar-refractivity contribution < 1.29 is 27.4 Å². The Labute approximate surface area is 221 Å². The predicted molar refractivity (Wildman–Crippen MR) is 143 cm³/mol. The molecule has 1 aromatic heterocycles. The van der Waals surface area contributed by atoms with Crippen molar-refractivity contribution in [2.75, 3.05) is 51.9 Å². The van der Waals surface area contributed by atoms with Gasteiger partial charge in [0.2, 0.25) is 10.0 Å². The summed E-state index contributed by atoms with van der Waals surface area (Å²) in [7, 11) is -1.95. The second-order valence-electron chi connectivity index (χ2n) is 8.41. The Hall–Kier alpha value is -2.83. The Bertz CT molecular complexity index is 1260. The van der Waals surface area contributed by atoms with Crippen LogP contribution in [0.15, 0.2) is 58.8 Å². The lowest BCUT2D eigenvalue weighted by molar-refractivity contribution is -0.0334. The lowest BCUT2D eigenvalue weighted by Gasteiger charge is -2.25. The summed E-state index contributed by atoms with van der Waals surface area (Å²) >= 11 is 1.30. The average Bonchev–Trinajstić information content (AvgIpc) is 3.43. The lowest BCUT2D eigenvalue weighted by atomic mass is 10.2. The first-order chi connectivity index (χ1) is 18.0. The SMILES string of the molecule is C1COCCO1.COc1ccccc1C(=O)Nc1nc(-c2ccc(S(=O)(=O)N3CCCCC3)cc2)cs1. The van der Waals surface area contributed by atoms with Crippen molar-refractivity contribution in [3.8, 4) is 17.0 Å². The van der Waals surface area contributed by atoms with Gasteiger partial charge in [0.05, 0.1) is 49.7 Å². The van der Waals surface area contributed by atoms with Crippen LogP contribution in [0.5, 0.6) is 5.75 Å². The molecular weight excluding hydrogens is 514 g/mol. The zero-order valence-corrected chi connectivity index (χ0v) is 22.4. The van der Waals surface area contributed by atoms with Crippen molar-refractivity contribution >= 4 is 32.4 Å². The number of amides is 1. The number of rotatable bonds is 6. The van der Waals surface area contributed by atoms with E-state index in [9.17, 15) is 13.2 Å². The van der Waals surface area contributed by atoms with Crippen LogP contribution in [0, 0.1) is 0 Å². The normalized spacial score (nSPS) is 16.4. The van der Waals surface area contributed by atoms with Gasteiger partial charge >= 0.3 is 0 Å². The highest BCUT2D eigenvalue weighted by molar-refractivity contribution is 7.89. The number of nitrogens with zero attached hydrogens (tertiary/aromatic N) is 2. The molecule has 0 spiro atoms. The summed E-state index contributed by atoms with van der Waals surface area (Å²) in [6, 6.07) is 13.7. The fraction of sp³-hybridized carbons (Fsp3) is 0.385. The van der Waals surface area contributed by atoms with Crippen LogP contribution in [-0.2, 0) is 19.5 Å². The van der Waals surface area contributed by atoms with Gasteiger partial charge in [0.1, 0.15) is 5.75 Å². The second-order valence-corrected chi connectivity index (χ2v) is 11.2. The van der Waals surface area contributed by atoms with Crippen LogP contribution in [0.25, 0.3) is 11.3 Å². The summed E-state index contributed by atoms with van der Waals surface area (Å²) in [6.45, 7) is 4.26. The van der Waals surface area contributed by atoms with Gasteiger partial charge in [-0.25, -0.2) is 13.4 Å². The van der Waals surface area contributed by atoms with E-state index in [1.54, 1.807) is 52.8 Å². The number of piperidine rings is 1. The van der Waals surface area contributed by atoms with E-state index in [0.29, 0.717) is 35.2 Å². The summed E-state index contributed by atoms with van der Waals surface area (Å²) in [6.07, 6.45) is 2.88. The maximum absolute atomic E-state index is 12.8. The summed E-state index contributed by atoms with van der Waals surface area (Å²) in [5.74, 6) is 0.184. The fourth-order valence-electron chi connectivity index (χ4n) is 3.95. The molecule has 0 bridgehead atoms. The Morgan fingerprint density at radius 1 is 0.973 bits per heavy atom. The topological polar surface area (TPSA) is 107 Å². The van der Waals surface area contributed by atoms with Crippen LogP contribution < -0.4 is 10.1 Å². The Balaban J connectivity index is 0.000000469. The number of sulfonamides is 1. The molecule has 2 aliphatic rings. The number of carbonyl (C=O) groups excluding carboxylic acids is 1. The van der Waals surface area contributed by atoms with Crippen molar-refractivity contribution in [1.82, 2.24) is 9.29 Å². The summed E-state index contributed by atoms with van der Waals surface area (Å²) < 4.78 is 42.3. The molecule has 198 valence electrons. The molecule has 0 unspecified atom stereocenters. The van der Waals surface area contributed by atoms with E-state index in [1.165, 1.54) is 18.4 Å². The van der Waals surface area contributed by atoms with E-state index in [0.717, 1.165) is 51.3 Å². The minimum absolute atomic E-state index is 0.290. The third-order valence-electron chi connectivity index (χ3n) is 5.92. The minimum atomic E-state index is -3.46. The van der Waals surface area contributed by atoms with E-state index in [-0.39, 0.29) is 10.8 Å². The van der Waals surface area contributed by atoms with Gasteiger partial charge in [-0.3, -0.25) is 10.1 Å². The molecule has 2 saturated heterocycles. The number of methoxy groups -OCH3 is 1. The standard InChI is InChI=1S/C22H23N3O4S2.C4H8O2/c1-29-20-8-4-3-7-18(20)21(26)24-22-23-19(15-30-22)16-9-11-17(12-10-16)31(27,28)25-13-5-2-6-14-25;1-2-6-4-3-5-1/h3-4,7-12,15H,2,5-6,13-14H2,1H3,(H,23,24,26);1-4H2. The van der Waals surface area contributed by atoms with Gasteiger partial charge in [-0.1, -0.05) is 30.7 Å². The molecule has 2 fully saturated rings. The maximum Gasteiger partial charge on any atom is 0.261 e. The van der Waals surface area contributed by atoms with Crippen LogP contribution in [0.1, 0.15) is 29.6 Å². The van der Waals surface area contributed by atoms with Crippen LogP contribution in [0.3, 0.4) is 0 Å². The number of ether oxygens (including phenoxy) is 3. The molecule has 11 heteroatoms. The molecule has 1 amide bonds. The molecular formula is C26H31N3O6S2. The monoisotopic (exact) mass is 545 g/mol. The molecule has 37 heavy (non-hydrogen) atoms. The first-order valence-electron chi connectivity index (χ1n) is 12.1. The second kappa shape index (κ2) is 13.1. The molecule has 2 aromatic carbocycles. The van der Waals surface area contributed by atoms with Gasteiger partial charge in [-0.15, -0.1) is 11.3 Å². The third kappa shape index (κ3) is 7.14. The zero-order valence-electron chi connectivity index (χ0n) is 20.7. The Kier molecular flexibility index (Phi) is 9.64. The number of carbonyl (C=O) groups is 1. The number of nitrogens with one attached hydrogen (secondary N) is 1. The zero-order chi connectivity index (χ0) is 26.1. The number of anilines is 1. The van der Waals surface area contributed by atoms with Gasteiger partial charge in [-0.2, -0.15) is 4.31 Å². The highest BCUT2D eigenvalue weighted by atomic mass is 32.2. The summed E-state index contributed by atoms with van der Waals surface area (Å²) in [5, 5.41) is 5.07. The van der Waals surface area contributed by atoms with Gasteiger partial charge in [0, 0.05) is 24.0 Å². The quantitative estimate of drug-likeness (QED) is 0.493. The molecule has 9 nitrogen and oxygen atoms in total. The number of aromatic nitrogens is 1. The largest absolute Gasteiger partial charge is 0.496 e. The molecule has 1 N–H and O–H groups in total. The molecule has 3 aromatic rings. The molecule has 5 rings (SSSR count). The number of para-hydroxylation sites is 1. The van der Waals surface area contributed by atoms with Crippen LogP contribution in [-0.4, -0.2) is 70.2 Å². The van der Waals surface area contributed by atoms with Crippen LogP contribution in [0.2, 0.25) is 0 Å². The summed E-state index contributed by atoms with van der Waals surface area (Å²) in [4.78, 5) is 17.3. The van der Waals surface area contributed by atoms with E-state index in [4.69, 9.17) is 14.2 Å².